The van der Waals surface area contributed by atoms with Gasteiger partial charge in [0, 0.05) is 25.4 Å². The van der Waals surface area contributed by atoms with Gasteiger partial charge in [-0.2, -0.15) is 0 Å². The molecule has 3 heterocycles. The molecule has 9 heteroatoms. The van der Waals surface area contributed by atoms with Crippen molar-refractivity contribution in [1.29, 1.82) is 0 Å². The summed E-state index contributed by atoms with van der Waals surface area (Å²) in [6.07, 6.45) is 3.73. The monoisotopic (exact) mass is 379 g/mol. The first kappa shape index (κ1) is 18.5. The maximum atomic E-state index is 12.2. The van der Waals surface area contributed by atoms with Crippen molar-refractivity contribution in [3.8, 4) is 0 Å². The van der Waals surface area contributed by atoms with Crippen molar-refractivity contribution < 1.29 is 17.9 Å². The fourth-order valence-corrected chi connectivity index (χ4v) is 3.89. The molecule has 1 aliphatic heterocycles. The molecule has 0 aromatic carbocycles. The zero-order valence-corrected chi connectivity index (χ0v) is 15.5. The van der Waals surface area contributed by atoms with Gasteiger partial charge in [-0.15, -0.1) is 0 Å². The lowest BCUT2D eigenvalue weighted by atomic mass is 9.98. The van der Waals surface area contributed by atoms with E-state index in [1.165, 1.54) is 14.8 Å². The molecule has 0 bridgehead atoms. The van der Waals surface area contributed by atoms with Gasteiger partial charge < -0.3 is 4.74 Å². The molecule has 0 atom stereocenters. The minimum absolute atomic E-state index is 0.0786. The molecule has 0 N–H and O–H groups in total. The molecular formula is C17H21N3O5S. The number of pyridine rings is 1. The first-order valence-electron chi connectivity index (χ1n) is 8.35. The predicted molar refractivity (Wildman–Crippen MR) is 95.1 cm³/mol. The van der Waals surface area contributed by atoms with Crippen molar-refractivity contribution in [2.75, 3.05) is 19.3 Å². The third-order valence-corrected chi connectivity index (χ3v) is 5.78. The first-order valence-corrected chi connectivity index (χ1v) is 10.2. The van der Waals surface area contributed by atoms with Crippen molar-refractivity contribution in [1.82, 2.24) is 13.7 Å². The summed E-state index contributed by atoms with van der Waals surface area (Å²) < 4.78 is 31.1. The molecule has 0 saturated carbocycles. The molecule has 0 spiro atoms. The van der Waals surface area contributed by atoms with Crippen LogP contribution in [0, 0.1) is 12.8 Å². The Morgan fingerprint density at radius 3 is 2.65 bits per heavy atom. The van der Waals surface area contributed by atoms with Crippen molar-refractivity contribution >= 4 is 21.6 Å². The Bertz CT molecular complexity index is 991. The van der Waals surface area contributed by atoms with Gasteiger partial charge in [0.2, 0.25) is 10.0 Å². The van der Waals surface area contributed by atoms with Crippen LogP contribution in [0.1, 0.15) is 24.1 Å². The third kappa shape index (κ3) is 4.10. The topological polar surface area (TPSA) is 98.0 Å². The van der Waals surface area contributed by atoms with Crippen LogP contribution >= 0.6 is 0 Å². The molecule has 0 radical (unpaired) electrons. The van der Waals surface area contributed by atoms with E-state index in [1.54, 1.807) is 12.3 Å². The van der Waals surface area contributed by atoms with Crippen LogP contribution in [0.5, 0.6) is 0 Å². The quantitative estimate of drug-likeness (QED) is 0.726. The molecule has 0 amide bonds. The molecule has 1 fully saturated rings. The summed E-state index contributed by atoms with van der Waals surface area (Å²) in [4.78, 5) is 28.7. The van der Waals surface area contributed by atoms with Gasteiger partial charge in [-0.25, -0.2) is 17.7 Å². The van der Waals surface area contributed by atoms with Gasteiger partial charge in [-0.1, -0.05) is 6.07 Å². The molecule has 2 aromatic rings. The number of hydrogen-bond donors (Lipinski definition) is 0. The van der Waals surface area contributed by atoms with Gasteiger partial charge in [0.15, 0.2) is 0 Å². The van der Waals surface area contributed by atoms with Crippen LogP contribution in [-0.4, -0.2) is 47.4 Å². The average Bonchev–Trinajstić information content (AvgIpc) is 2.59. The number of aryl methyl sites for hydroxylation is 1. The SMILES string of the molecule is Cc1ccc2nc(COC(=O)C3CCN(S(C)(=O)=O)CC3)cc(=O)n2c1. The van der Waals surface area contributed by atoms with Gasteiger partial charge >= 0.3 is 5.97 Å². The Balaban J connectivity index is 1.63. The van der Waals surface area contributed by atoms with E-state index in [-0.39, 0.29) is 24.1 Å². The number of carbonyl (C=O) groups is 1. The molecule has 26 heavy (non-hydrogen) atoms. The van der Waals surface area contributed by atoms with Gasteiger partial charge in [0.05, 0.1) is 17.9 Å². The Morgan fingerprint density at radius 1 is 1.31 bits per heavy atom. The highest BCUT2D eigenvalue weighted by Crippen LogP contribution is 2.20. The number of esters is 1. The van der Waals surface area contributed by atoms with Crippen molar-refractivity contribution in [3.05, 3.63) is 46.0 Å². The number of rotatable bonds is 4. The number of sulfonamides is 1. The van der Waals surface area contributed by atoms with E-state index in [1.807, 2.05) is 13.0 Å². The highest BCUT2D eigenvalue weighted by molar-refractivity contribution is 7.88. The highest BCUT2D eigenvalue weighted by Gasteiger charge is 2.29. The summed E-state index contributed by atoms with van der Waals surface area (Å²) in [7, 11) is -3.22. The van der Waals surface area contributed by atoms with Gasteiger partial charge in [0.25, 0.3) is 5.56 Å². The van der Waals surface area contributed by atoms with Gasteiger partial charge in [-0.3, -0.25) is 14.0 Å². The Morgan fingerprint density at radius 2 is 2.00 bits per heavy atom. The van der Waals surface area contributed by atoms with E-state index in [9.17, 15) is 18.0 Å². The second-order valence-electron chi connectivity index (χ2n) is 6.56. The van der Waals surface area contributed by atoms with E-state index >= 15 is 0 Å². The minimum atomic E-state index is -3.22. The summed E-state index contributed by atoms with van der Waals surface area (Å²) in [6, 6.07) is 4.95. The number of fused-ring (bicyclic) bond motifs is 1. The molecule has 1 saturated heterocycles. The van der Waals surface area contributed by atoms with Crippen LogP contribution in [0.4, 0.5) is 0 Å². The second kappa shape index (κ2) is 7.16. The summed E-state index contributed by atoms with van der Waals surface area (Å²) in [5, 5.41) is 0. The van der Waals surface area contributed by atoms with E-state index in [4.69, 9.17) is 4.74 Å². The maximum Gasteiger partial charge on any atom is 0.309 e. The summed E-state index contributed by atoms with van der Waals surface area (Å²) in [5.41, 5.74) is 1.60. The lowest BCUT2D eigenvalue weighted by Gasteiger charge is -2.28. The number of piperidine rings is 1. The van der Waals surface area contributed by atoms with E-state index in [0.29, 0.717) is 37.3 Å². The van der Waals surface area contributed by atoms with Crippen molar-refractivity contribution in [2.45, 2.75) is 26.4 Å². The van der Waals surface area contributed by atoms with Crippen LogP contribution in [0.3, 0.4) is 0 Å². The molecule has 0 aliphatic carbocycles. The third-order valence-electron chi connectivity index (χ3n) is 4.48. The number of aromatic nitrogens is 2. The smallest absolute Gasteiger partial charge is 0.309 e. The zero-order chi connectivity index (χ0) is 18.9. The standard InChI is InChI=1S/C17H21N3O5S/c1-12-3-4-15-18-14(9-16(21)20(15)10-12)11-25-17(22)13-5-7-19(8-6-13)26(2,23)24/h3-4,9-10,13H,5-8,11H2,1-2H3. The van der Waals surface area contributed by atoms with Crippen molar-refractivity contribution in [2.24, 2.45) is 5.92 Å². The second-order valence-corrected chi connectivity index (χ2v) is 8.55. The van der Waals surface area contributed by atoms with Gasteiger partial charge in [0.1, 0.15) is 12.3 Å². The highest BCUT2D eigenvalue weighted by atomic mass is 32.2. The molecule has 1 aliphatic rings. The molecule has 8 nitrogen and oxygen atoms in total. The van der Waals surface area contributed by atoms with E-state index in [0.717, 1.165) is 11.8 Å². The van der Waals surface area contributed by atoms with Crippen molar-refractivity contribution in [3.63, 3.8) is 0 Å². The zero-order valence-electron chi connectivity index (χ0n) is 14.7. The Kier molecular flexibility index (Phi) is 5.10. The van der Waals surface area contributed by atoms with E-state index in [2.05, 4.69) is 4.98 Å². The Hall–Kier alpha value is -2.26. The summed E-state index contributed by atoms with van der Waals surface area (Å²) in [5.74, 6) is -0.721. The number of hydrogen-bond acceptors (Lipinski definition) is 6. The maximum absolute atomic E-state index is 12.2. The summed E-state index contributed by atoms with van der Waals surface area (Å²) >= 11 is 0. The minimum Gasteiger partial charge on any atom is -0.459 e. The fourth-order valence-electron chi connectivity index (χ4n) is 3.02. The number of nitrogens with zero attached hydrogens (tertiary/aromatic N) is 3. The molecular weight excluding hydrogens is 358 g/mol. The molecule has 3 rings (SSSR count). The lowest BCUT2D eigenvalue weighted by molar-refractivity contribution is -0.151. The van der Waals surface area contributed by atoms with E-state index < -0.39 is 10.0 Å². The van der Waals surface area contributed by atoms with Crippen LogP contribution in [-0.2, 0) is 26.2 Å². The molecule has 140 valence electrons. The largest absolute Gasteiger partial charge is 0.459 e. The van der Waals surface area contributed by atoms with Crippen LogP contribution in [0.15, 0.2) is 29.2 Å². The normalized spacial score (nSPS) is 16.7. The molecule has 2 aromatic heterocycles. The number of ether oxygens (including phenoxy) is 1. The Labute approximate surface area is 151 Å². The van der Waals surface area contributed by atoms with Gasteiger partial charge in [-0.05, 0) is 31.4 Å². The molecule has 0 unspecified atom stereocenters. The summed E-state index contributed by atoms with van der Waals surface area (Å²) in [6.45, 7) is 2.43. The van der Waals surface area contributed by atoms with Crippen LogP contribution in [0.2, 0.25) is 0 Å². The first-order chi connectivity index (χ1) is 12.2. The van der Waals surface area contributed by atoms with Crippen LogP contribution in [0.25, 0.3) is 5.65 Å². The number of carbonyl (C=O) groups excluding carboxylic acids is 1. The average molecular weight is 379 g/mol. The lowest BCUT2D eigenvalue weighted by Crippen LogP contribution is -2.40. The predicted octanol–water partition coefficient (Wildman–Crippen LogP) is 0.718. The van der Waals surface area contributed by atoms with Crippen LogP contribution < -0.4 is 5.56 Å². The fraction of sp³-hybridized carbons (Fsp3) is 0.471.